The predicted molar refractivity (Wildman–Crippen MR) is 51.5 cm³/mol. The molecule has 0 amide bonds. The summed E-state index contributed by atoms with van der Waals surface area (Å²) in [5.74, 6) is -1.07. The van der Waals surface area contributed by atoms with Crippen LogP contribution in [0.5, 0.6) is 0 Å². The molecule has 0 spiro atoms. The Morgan fingerprint density at radius 3 is 2.15 bits per heavy atom. The van der Waals surface area contributed by atoms with Gasteiger partial charge in [-0.3, -0.25) is 0 Å². The van der Waals surface area contributed by atoms with Crippen LogP contribution in [0.4, 0.5) is 8.78 Å². The quantitative estimate of drug-likeness (QED) is 0.850. The summed E-state index contributed by atoms with van der Waals surface area (Å²) in [6.07, 6.45) is 0. The van der Waals surface area contributed by atoms with Gasteiger partial charge in [0.05, 0.1) is 0 Å². The molecule has 0 aliphatic carbocycles. The van der Waals surface area contributed by atoms with Crippen LogP contribution in [0.15, 0.2) is 16.6 Å². The average molecular weight is 250 g/mol. The first-order chi connectivity index (χ1) is 6.06. The fraction of sp³-hybridized carbons (Fsp3) is 0.333. The van der Waals surface area contributed by atoms with Gasteiger partial charge in [0.2, 0.25) is 0 Å². The lowest BCUT2D eigenvalue weighted by molar-refractivity contribution is 0.509. The van der Waals surface area contributed by atoms with Gasteiger partial charge < -0.3 is 5.32 Å². The van der Waals surface area contributed by atoms with Crippen molar-refractivity contribution < 1.29 is 8.78 Å². The van der Waals surface area contributed by atoms with Crippen molar-refractivity contribution in [1.29, 1.82) is 0 Å². The minimum absolute atomic E-state index is 0.0747. The third-order valence-electron chi connectivity index (χ3n) is 1.91. The summed E-state index contributed by atoms with van der Waals surface area (Å²) in [4.78, 5) is 0. The lowest BCUT2D eigenvalue weighted by Crippen LogP contribution is -2.15. The third-order valence-corrected chi connectivity index (χ3v) is 2.37. The third kappa shape index (κ3) is 2.25. The average Bonchev–Trinajstić information content (AvgIpc) is 2.02. The van der Waals surface area contributed by atoms with Gasteiger partial charge >= 0.3 is 0 Å². The second-order valence-electron chi connectivity index (χ2n) is 2.79. The van der Waals surface area contributed by atoms with Gasteiger partial charge in [-0.1, -0.05) is 15.9 Å². The normalized spacial score (nSPS) is 13.0. The Morgan fingerprint density at radius 1 is 1.31 bits per heavy atom. The molecule has 0 bridgehead atoms. The van der Waals surface area contributed by atoms with Crippen LogP contribution in [-0.2, 0) is 0 Å². The van der Waals surface area contributed by atoms with Crippen molar-refractivity contribution in [2.75, 3.05) is 7.05 Å². The van der Waals surface area contributed by atoms with Crippen LogP contribution in [0.25, 0.3) is 0 Å². The van der Waals surface area contributed by atoms with E-state index in [1.807, 2.05) is 0 Å². The fourth-order valence-corrected chi connectivity index (χ4v) is 1.51. The summed E-state index contributed by atoms with van der Waals surface area (Å²) >= 11 is 3.02. The summed E-state index contributed by atoms with van der Waals surface area (Å²) in [7, 11) is 1.66. The largest absolute Gasteiger partial charge is 0.313 e. The molecule has 13 heavy (non-hydrogen) atoms. The van der Waals surface area contributed by atoms with Crippen molar-refractivity contribution in [3.63, 3.8) is 0 Å². The summed E-state index contributed by atoms with van der Waals surface area (Å²) in [5.41, 5.74) is 0.0747. The van der Waals surface area contributed by atoms with Crippen LogP contribution in [0.1, 0.15) is 18.5 Å². The monoisotopic (exact) mass is 249 g/mol. The van der Waals surface area contributed by atoms with E-state index in [0.717, 1.165) is 0 Å². The van der Waals surface area contributed by atoms with Crippen molar-refractivity contribution in [2.24, 2.45) is 0 Å². The fourth-order valence-electron chi connectivity index (χ4n) is 1.11. The molecule has 1 nitrogen and oxygen atoms in total. The van der Waals surface area contributed by atoms with Crippen LogP contribution >= 0.6 is 15.9 Å². The number of halogens is 3. The van der Waals surface area contributed by atoms with Crippen molar-refractivity contribution >= 4 is 15.9 Å². The van der Waals surface area contributed by atoms with Crippen LogP contribution in [0, 0.1) is 11.6 Å². The van der Waals surface area contributed by atoms with Gasteiger partial charge in [0.1, 0.15) is 11.6 Å². The van der Waals surface area contributed by atoms with Gasteiger partial charge in [-0.2, -0.15) is 0 Å². The van der Waals surface area contributed by atoms with Gasteiger partial charge in [-0.25, -0.2) is 8.78 Å². The minimum atomic E-state index is -0.534. The Labute approximate surface area is 84.3 Å². The number of benzene rings is 1. The Kier molecular flexibility index (Phi) is 3.39. The molecule has 72 valence electrons. The van der Waals surface area contributed by atoms with E-state index in [9.17, 15) is 8.78 Å². The Bertz CT molecular complexity index is 291. The van der Waals surface area contributed by atoms with Crippen molar-refractivity contribution in [2.45, 2.75) is 13.0 Å². The molecule has 0 heterocycles. The zero-order chi connectivity index (χ0) is 10.0. The van der Waals surface area contributed by atoms with Crippen LogP contribution in [-0.4, -0.2) is 7.05 Å². The van der Waals surface area contributed by atoms with E-state index in [2.05, 4.69) is 21.2 Å². The van der Waals surface area contributed by atoms with Gasteiger partial charge in [0.15, 0.2) is 0 Å². The molecule has 4 heteroatoms. The summed E-state index contributed by atoms with van der Waals surface area (Å²) in [6.45, 7) is 1.70. The maximum Gasteiger partial charge on any atom is 0.132 e. The first kappa shape index (κ1) is 10.6. The van der Waals surface area contributed by atoms with Gasteiger partial charge in [-0.05, 0) is 26.1 Å². The second-order valence-corrected chi connectivity index (χ2v) is 3.71. The molecular weight excluding hydrogens is 240 g/mol. The van der Waals surface area contributed by atoms with Crippen molar-refractivity contribution in [3.8, 4) is 0 Å². The Balaban J connectivity index is 3.20. The molecule has 1 unspecified atom stereocenters. The highest BCUT2D eigenvalue weighted by atomic mass is 79.9. The maximum atomic E-state index is 13.2. The summed E-state index contributed by atoms with van der Waals surface area (Å²) < 4.78 is 26.9. The first-order valence-corrected chi connectivity index (χ1v) is 4.67. The van der Waals surface area contributed by atoms with E-state index in [0.29, 0.717) is 4.47 Å². The van der Waals surface area contributed by atoms with E-state index in [1.54, 1.807) is 14.0 Å². The highest BCUT2D eigenvalue weighted by molar-refractivity contribution is 9.10. The molecule has 1 aromatic rings. The lowest BCUT2D eigenvalue weighted by atomic mass is 10.1. The van der Waals surface area contributed by atoms with E-state index < -0.39 is 11.6 Å². The standard InChI is InChI=1S/C9H10BrF2N/c1-5(13-2)9-7(11)3-6(10)4-8(9)12/h3-5,13H,1-2H3. The zero-order valence-electron chi connectivity index (χ0n) is 7.37. The Morgan fingerprint density at radius 2 is 1.77 bits per heavy atom. The lowest BCUT2D eigenvalue weighted by Gasteiger charge is -2.12. The molecule has 1 rings (SSSR count). The van der Waals surface area contributed by atoms with Gasteiger partial charge in [0, 0.05) is 16.1 Å². The number of hydrogen-bond donors (Lipinski definition) is 1. The molecule has 0 aromatic heterocycles. The molecule has 0 fully saturated rings. The van der Waals surface area contributed by atoms with Crippen LogP contribution in [0.2, 0.25) is 0 Å². The minimum Gasteiger partial charge on any atom is -0.313 e. The first-order valence-electron chi connectivity index (χ1n) is 3.88. The molecule has 1 aromatic carbocycles. The maximum absolute atomic E-state index is 13.2. The predicted octanol–water partition coefficient (Wildman–Crippen LogP) is 3.01. The molecule has 0 aliphatic rings. The number of hydrogen-bond acceptors (Lipinski definition) is 1. The zero-order valence-corrected chi connectivity index (χ0v) is 8.95. The molecule has 0 radical (unpaired) electrons. The van der Waals surface area contributed by atoms with Crippen molar-refractivity contribution in [3.05, 3.63) is 33.8 Å². The molecular formula is C9H10BrF2N. The van der Waals surface area contributed by atoms with Crippen molar-refractivity contribution in [1.82, 2.24) is 5.32 Å². The number of rotatable bonds is 2. The SMILES string of the molecule is CNC(C)c1c(F)cc(Br)cc1F. The van der Waals surface area contributed by atoms with Gasteiger partial charge in [-0.15, -0.1) is 0 Å². The highest BCUT2D eigenvalue weighted by Crippen LogP contribution is 2.24. The molecule has 1 atom stereocenters. The summed E-state index contributed by atoms with van der Waals surface area (Å²) in [5, 5.41) is 2.79. The van der Waals surface area contributed by atoms with Crippen LogP contribution < -0.4 is 5.32 Å². The Hall–Kier alpha value is -0.480. The van der Waals surface area contributed by atoms with E-state index in [1.165, 1.54) is 12.1 Å². The van der Waals surface area contributed by atoms with E-state index >= 15 is 0 Å². The molecule has 0 saturated carbocycles. The molecule has 0 aliphatic heterocycles. The van der Waals surface area contributed by atoms with Crippen LogP contribution in [0.3, 0.4) is 0 Å². The smallest absolute Gasteiger partial charge is 0.132 e. The molecule has 1 N–H and O–H groups in total. The topological polar surface area (TPSA) is 12.0 Å². The second kappa shape index (κ2) is 4.15. The van der Waals surface area contributed by atoms with E-state index in [4.69, 9.17) is 0 Å². The summed E-state index contributed by atoms with van der Waals surface area (Å²) in [6, 6.07) is 2.19. The van der Waals surface area contributed by atoms with E-state index in [-0.39, 0.29) is 11.6 Å². The number of nitrogens with one attached hydrogen (secondary N) is 1. The van der Waals surface area contributed by atoms with Gasteiger partial charge in [0.25, 0.3) is 0 Å². The molecule has 0 saturated heterocycles. The highest BCUT2D eigenvalue weighted by Gasteiger charge is 2.15.